The van der Waals surface area contributed by atoms with Gasteiger partial charge in [0.1, 0.15) is 5.75 Å². The summed E-state index contributed by atoms with van der Waals surface area (Å²) in [6.07, 6.45) is 3.58. The SMILES string of the molecule is COc1ccc(-c2cc(-c3ccccc3)nc3c2CCCC3C)cc1. The van der Waals surface area contributed by atoms with Crippen molar-refractivity contribution in [3.05, 3.63) is 71.9 Å². The van der Waals surface area contributed by atoms with E-state index in [-0.39, 0.29) is 0 Å². The van der Waals surface area contributed by atoms with E-state index in [2.05, 4.69) is 55.5 Å². The van der Waals surface area contributed by atoms with Gasteiger partial charge in [-0.2, -0.15) is 0 Å². The molecule has 2 nitrogen and oxygen atoms in total. The van der Waals surface area contributed by atoms with E-state index >= 15 is 0 Å². The predicted molar refractivity (Wildman–Crippen MR) is 103 cm³/mol. The molecule has 0 fully saturated rings. The van der Waals surface area contributed by atoms with Crippen LogP contribution in [0.4, 0.5) is 0 Å². The molecule has 1 aromatic heterocycles. The van der Waals surface area contributed by atoms with Gasteiger partial charge < -0.3 is 4.74 Å². The molecule has 126 valence electrons. The molecule has 3 aromatic rings. The molecule has 0 saturated carbocycles. The molecule has 1 heterocycles. The minimum Gasteiger partial charge on any atom is -0.497 e. The third kappa shape index (κ3) is 3.05. The van der Waals surface area contributed by atoms with Gasteiger partial charge in [0.25, 0.3) is 0 Å². The van der Waals surface area contributed by atoms with E-state index in [0.717, 1.165) is 17.9 Å². The van der Waals surface area contributed by atoms with Gasteiger partial charge in [-0.3, -0.25) is 4.98 Å². The Labute approximate surface area is 149 Å². The lowest BCUT2D eigenvalue weighted by atomic mass is 9.83. The van der Waals surface area contributed by atoms with E-state index in [1.807, 2.05) is 12.1 Å². The van der Waals surface area contributed by atoms with Gasteiger partial charge in [-0.25, -0.2) is 0 Å². The molecular weight excluding hydrogens is 306 g/mol. The van der Waals surface area contributed by atoms with E-state index in [0.29, 0.717) is 5.92 Å². The van der Waals surface area contributed by atoms with Gasteiger partial charge >= 0.3 is 0 Å². The summed E-state index contributed by atoms with van der Waals surface area (Å²) in [6.45, 7) is 2.30. The minimum absolute atomic E-state index is 0.518. The van der Waals surface area contributed by atoms with Crippen LogP contribution < -0.4 is 4.74 Å². The van der Waals surface area contributed by atoms with Crippen LogP contribution in [0.1, 0.15) is 36.9 Å². The highest BCUT2D eigenvalue weighted by molar-refractivity contribution is 5.75. The number of hydrogen-bond acceptors (Lipinski definition) is 2. The van der Waals surface area contributed by atoms with Crippen LogP contribution in [-0.2, 0) is 6.42 Å². The maximum absolute atomic E-state index is 5.32. The first kappa shape index (κ1) is 15.9. The molecule has 0 spiro atoms. The van der Waals surface area contributed by atoms with Crippen LogP contribution >= 0.6 is 0 Å². The summed E-state index contributed by atoms with van der Waals surface area (Å²) in [5.74, 6) is 1.41. The first-order valence-corrected chi connectivity index (χ1v) is 9.00. The van der Waals surface area contributed by atoms with Gasteiger partial charge in [0.05, 0.1) is 12.8 Å². The summed E-state index contributed by atoms with van der Waals surface area (Å²) in [6, 6.07) is 21.1. The summed E-state index contributed by atoms with van der Waals surface area (Å²) >= 11 is 0. The third-order valence-corrected chi connectivity index (χ3v) is 5.16. The average Bonchev–Trinajstić information content (AvgIpc) is 2.68. The summed E-state index contributed by atoms with van der Waals surface area (Å²) in [4.78, 5) is 5.06. The van der Waals surface area contributed by atoms with Crippen molar-refractivity contribution in [1.29, 1.82) is 0 Å². The van der Waals surface area contributed by atoms with Crippen molar-refractivity contribution in [2.75, 3.05) is 7.11 Å². The summed E-state index contributed by atoms with van der Waals surface area (Å²) in [5.41, 5.74) is 7.50. The molecular formula is C23H23NO. The Hall–Kier alpha value is -2.61. The number of nitrogens with zero attached hydrogens (tertiary/aromatic N) is 1. The van der Waals surface area contributed by atoms with Crippen LogP contribution in [0, 0.1) is 0 Å². The molecule has 2 heteroatoms. The molecule has 1 aliphatic carbocycles. The summed E-state index contributed by atoms with van der Waals surface area (Å²) < 4.78 is 5.32. The second-order valence-corrected chi connectivity index (χ2v) is 6.81. The molecule has 1 unspecified atom stereocenters. The Bertz CT molecular complexity index is 869. The van der Waals surface area contributed by atoms with Gasteiger partial charge in [-0.05, 0) is 60.1 Å². The molecule has 1 atom stereocenters. The fourth-order valence-corrected chi connectivity index (χ4v) is 3.77. The Kier molecular flexibility index (Phi) is 4.27. The zero-order valence-electron chi connectivity index (χ0n) is 14.8. The minimum atomic E-state index is 0.518. The van der Waals surface area contributed by atoms with Crippen molar-refractivity contribution >= 4 is 0 Å². The van der Waals surface area contributed by atoms with Crippen LogP contribution in [0.15, 0.2) is 60.7 Å². The lowest BCUT2D eigenvalue weighted by molar-refractivity contribution is 0.415. The number of rotatable bonds is 3. The van der Waals surface area contributed by atoms with Crippen molar-refractivity contribution in [3.63, 3.8) is 0 Å². The molecule has 0 saturated heterocycles. The first-order valence-electron chi connectivity index (χ1n) is 9.00. The van der Waals surface area contributed by atoms with Crippen LogP contribution in [0.3, 0.4) is 0 Å². The predicted octanol–water partition coefficient (Wildman–Crippen LogP) is 5.86. The van der Waals surface area contributed by atoms with Crippen LogP contribution in [0.5, 0.6) is 5.75 Å². The first-order chi connectivity index (χ1) is 12.3. The standard InChI is InChI=1S/C23H23NO/c1-16-7-6-10-20-21(17-11-13-19(25-2)14-12-17)15-22(24-23(16)20)18-8-4-3-5-9-18/h3-5,8-9,11-16H,6-7,10H2,1-2H3. The van der Waals surface area contributed by atoms with E-state index < -0.39 is 0 Å². The monoisotopic (exact) mass is 329 g/mol. The maximum atomic E-state index is 5.32. The van der Waals surface area contributed by atoms with Gasteiger partial charge in [-0.15, -0.1) is 0 Å². The zero-order chi connectivity index (χ0) is 17.2. The molecule has 4 rings (SSSR count). The van der Waals surface area contributed by atoms with Crippen molar-refractivity contribution in [3.8, 4) is 28.1 Å². The second kappa shape index (κ2) is 6.72. The van der Waals surface area contributed by atoms with Crippen molar-refractivity contribution in [2.24, 2.45) is 0 Å². The van der Waals surface area contributed by atoms with Crippen molar-refractivity contribution in [1.82, 2.24) is 4.98 Å². The smallest absolute Gasteiger partial charge is 0.118 e. The van der Waals surface area contributed by atoms with Gasteiger partial charge in [0.15, 0.2) is 0 Å². The molecule has 0 amide bonds. The number of methoxy groups -OCH3 is 1. The fraction of sp³-hybridized carbons (Fsp3) is 0.261. The highest BCUT2D eigenvalue weighted by Crippen LogP contribution is 2.38. The van der Waals surface area contributed by atoms with Crippen molar-refractivity contribution in [2.45, 2.75) is 32.1 Å². The van der Waals surface area contributed by atoms with Gasteiger partial charge in [0.2, 0.25) is 0 Å². The average molecular weight is 329 g/mol. The Balaban J connectivity index is 1.90. The Morgan fingerprint density at radius 2 is 1.72 bits per heavy atom. The normalized spacial score (nSPS) is 16.3. The molecule has 2 aromatic carbocycles. The summed E-state index contributed by atoms with van der Waals surface area (Å²) in [7, 11) is 1.71. The third-order valence-electron chi connectivity index (χ3n) is 5.16. The molecule has 0 bridgehead atoms. The Morgan fingerprint density at radius 1 is 0.960 bits per heavy atom. The Morgan fingerprint density at radius 3 is 2.44 bits per heavy atom. The van der Waals surface area contributed by atoms with E-state index in [4.69, 9.17) is 9.72 Å². The topological polar surface area (TPSA) is 22.1 Å². The molecule has 0 N–H and O–H groups in total. The van der Waals surface area contributed by atoms with E-state index in [1.165, 1.54) is 40.8 Å². The van der Waals surface area contributed by atoms with Gasteiger partial charge in [-0.1, -0.05) is 49.4 Å². The zero-order valence-corrected chi connectivity index (χ0v) is 14.8. The van der Waals surface area contributed by atoms with E-state index in [9.17, 15) is 0 Å². The number of aromatic nitrogens is 1. The largest absolute Gasteiger partial charge is 0.497 e. The molecule has 0 aliphatic heterocycles. The lowest BCUT2D eigenvalue weighted by Crippen LogP contribution is -2.11. The number of benzene rings is 2. The number of fused-ring (bicyclic) bond motifs is 1. The molecule has 0 radical (unpaired) electrons. The number of ether oxygens (including phenoxy) is 1. The van der Waals surface area contributed by atoms with Crippen LogP contribution in [0.25, 0.3) is 22.4 Å². The van der Waals surface area contributed by atoms with E-state index in [1.54, 1.807) is 7.11 Å². The number of hydrogen-bond donors (Lipinski definition) is 0. The maximum Gasteiger partial charge on any atom is 0.118 e. The quantitative estimate of drug-likeness (QED) is 0.600. The molecule has 25 heavy (non-hydrogen) atoms. The van der Waals surface area contributed by atoms with Crippen molar-refractivity contribution < 1.29 is 4.74 Å². The lowest BCUT2D eigenvalue weighted by Gasteiger charge is -2.25. The second-order valence-electron chi connectivity index (χ2n) is 6.81. The summed E-state index contributed by atoms with van der Waals surface area (Å²) in [5, 5.41) is 0. The highest BCUT2D eigenvalue weighted by Gasteiger charge is 2.22. The van der Waals surface area contributed by atoms with Gasteiger partial charge in [0, 0.05) is 11.3 Å². The fourth-order valence-electron chi connectivity index (χ4n) is 3.77. The molecule has 1 aliphatic rings. The number of pyridine rings is 1. The van der Waals surface area contributed by atoms with Crippen LogP contribution in [-0.4, -0.2) is 12.1 Å². The van der Waals surface area contributed by atoms with Crippen LogP contribution in [0.2, 0.25) is 0 Å². The highest BCUT2D eigenvalue weighted by atomic mass is 16.5.